The highest BCUT2D eigenvalue weighted by atomic mass is 16.5. The van der Waals surface area contributed by atoms with E-state index in [1.54, 1.807) is 0 Å². The van der Waals surface area contributed by atoms with Crippen LogP contribution in [0.4, 0.5) is 0 Å². The number of aryl methyl sites for hydroxylation is 1. The average molecular weight is 234 g/mol. The fourth-order valence-corrected chi connectivity index (χ4v) is 2.11. The molecule has 1 atom stereocenters. The van der Waals surface area contributed by atoms with Crippen LogP contribution < -0.4 is 10.6 Å². The zero-order chi connectivity index (χ0) is 11.9. The van der Waals surface area contributed by atoms with E-state index in [2.05, 4.69) is 41.8 Å². The van der Waals surface area contributed by atoms with Gasteiger partial charge in [-0.15, -0.1) is 0 Å². The Labute approximate surface area is 104 Å². The predicted octanol–water partition coefficient (Wildman–Crippen LogP) is 1.46. The summed E-state index contributed by atoms with van der Waals surface area (Å²) in [6, 6.07) is 9.05. The van der Waals surface area contributed by atoms with Gasteiger partial charge in [-0.3, -0.25) is 0 Å². The Bertz CT molecular complexity index is 335. The van der Waals surface area contributed by atoms with Gasteiger partial charge in [0.25, 0.3) is 0 Å². The summed E-state index contributed by atoms with van der Waals surface area (Å²) in [6.45, 7) is 6.85. The molecule has 1 aromatic rings. The van der Waals surface area contributed by atoms with E-state index in [-0.39, 0.29) is 0 Å². The third-order valence-corrected chi connectivity index (χ3v) is 3.24. The van der Waals surface area contributed by atoms with Crippen molar-refractivity contribution in [3.63, 3.8) is 0 Å². The quantitative estimate of drug-likeness (QED) is 0.757. The normalized spacial score (nSPS) is 20.4. The van der Waals surface area contributed by atoms with Gasteiger partial charge >= 0.3 is 0 Å². The van der Waals surface area contributed by atoms with Crippen LogP contribution in [0.5, 0.6) is 0 Å². The first-order valence-electron chi connectivity index (χ1n) is 6.42. The summed E-state index contributed by atoms with van der Waals surface area (Å²) in [5.74, 6) is 0. The number of benzene rings is 1. The van der Waals surface area contributed by atoms with E-state index in [0.717, 1.165) is 39.3 Å². The van der Waals surface area contributed by atoms with Gasteiger partial charge < -0.3 is 15.4 Å². The summed E-state index contributed by atoms with van der Waals surface area (Å²) >= 11 is 0. The third kappa shape index (κ3) is 4.11. The highest BCUT2D eigenvalue weighted by Gasteiger charge is 2.11. The largest absolute Gasteiger partial charge is 0.379 e. The fourth-order valence-electron chi connectivity index (χ4n) is 2.11. The highest BCUT2D eigenvalue weighted by Crippen LogP contribution is 2.06. The van der Waals surface area contributed by atoms with Gasteiger partial charge in [0.2, 0.25) is 0 Å². The molecule has 0 radical (unpaired) electrons. The Morgan fingerprint density at radius 2 is 2.29 bits per heavy atom. The molecular weight excluding hydrogens is 212 g/mol. The minimum Gasteiger partial charge on any atom is -0.379 e. The zero-order valence-corrected chi connectivity index (χ0v) is 10.5. The third-order valence-electron chi connectivity index (χ3n) is 3.24. The van der Waals surface area contributed by atoms with Gasteiger partial charge in [-0.2, -0.15) is 0 Å². The Kier molecular flexibility index (Phi) is 4.98. The molecule has 1 heterocycles. The van der Waals surface area contributed by atoms with Crippen molar-refractivity contribution in [2.24, 2.45) is 0 Å². The van der Waals surface area contributed by atoms with Gasteiger partial charge in [-0.05, 0) is 31.0 Å². The molecule has 1 aliphatic rings. The average Bonchev–Trinajstić information content (AvgIpc) is 2.38. The molecule has 3 nitrogen and oxygen atoms in total. The van der Waals surface area contributed by atoms with Crippen LogP contribution in [0.15, 0.2) is 24.3 Å². The summed E-state index contributed by atoms with van der Waals surface area (Å²) in [5, 5.41) is 6.96. The summed E-state index contributed by atoms with van der Waals surface area (Å²) in [4.78, 5) is 0. The lowest BCUT2D eigenvalue weighted by atomic mass is 10.1. The first-order valence-corrected chi connectivity index (χ1v) is 6.42. The van der Waals surface area contributed by atoms with Crippen LogP contribution in [0.3, 0.4) is 0 Å². The van der Waals surface area contributed by atoms with Crippen molar-refractivity contribution >= 4 is 0 Å². The standard InChI is InChI=1S/C14H22N2O/c1-12-4-2-3-5-13(12)10-15-7-6-14-11-17-9-8-16-14/h2-5,14-16H,6-11H2,1H3. The number of rotatable bonds is 5. The molecule has 17 heavy (non-hydrogen) atoms. The van der Waals surface area contributed by atoms with Crippen LogP contribution in [-0.4, -0.2) is 32.3 Å². The van der Waals surface area contributed by atoms with Gasteiger partial charge in [0.1, 0.15) is 0 Å². The summed E-state index contributed by atoms with van der Waals surface area (Å²) < 4.78 is 5.43. The molecule has 0 amide bonds. The van der Waals surface area contributed by atoms with Crippen molar-refractivity contribution < 1.29 is 4.74 Å². The number of ether oxygens (including phenoxy) is 1. The maximum absolute atomic E-state index is 5.43. The van der Waals surface area contributed by atoms with Crippen molar-refractivity contribution in [1.29, 1.82) is 0 Å². The summed E-state index contributed by atoms with van der Waals surface area (Å²) in [6.07, 6.45) is 1.13. The van der Waals surface area contributed by atoms with Gasteiger partial charge in [-0.25, -0.2) is 0 Å². The second-order valence-electron chi connectivity index (χ2n) is 4.62. The Morgan fingerprint density at radius 3 is 3.06 bits per heavy atom. The van der Waals surface area contributed by atoms with E-state index in [1.165, 1.54) is 11.1 Å². The fraction of sp³-hybridized carbons (Fsp3) is 0.571. The lowest BCUT2D eigenvalue weighted by Crippen LogP contribution is -2.42. The van der Waals surface area contributed by atoms with Gasteiger partial charge in [-0.1, -0.05) is 24.3 Å². The molecule has 94 valence electrons. The Hall–Kier alpha value is -0.900. The molecule has 3 heteroatoms. The van der Waals surface area contributed by atoms with E-state index in [4.69, 9.17) is 4.74 Å². The van der Waals surface area contributed by atoms with Gasteiger partial charge in [0.15, 0.2) is 0 Å². The maximum atomic E-state index is 5.43. The smallest absolute Gasteiger partial charge is 0.0620 e. The van der Waals surface area contributed by atoms with Gasteiger partial charge in [0, 0.05) is 19.1 Å². The lowest BCUT2D eigenvalue weighted by molar-refractivity contribution is 0.0742. The monoisotopic (exact) mass is 234 g/mol. The molecule has 0 aromatic heterocycles. The van der Waals surface area contributed by atoms with Crippen LogP contribution in [-0.2, 0) is 11.3 Å². The molecule has 2 rings (SSSR count). The molecular formula is C14H22N2O. The molecule has 1 unspecified atom stereocenters. The van der Waals surface area contributed by atoms with Gasteiger partial charge in [0.05, 0.1) is 13.2 Å². The van der Waals surface area contributed by atoms with Crippen LogP contribution in [0, 0.1) is 6.92 Å². The zero-order valence-electron chi connectivity index (χ0n) is 10.5. The van der Waals surface area contributed by atoms with Crippen LogP contribution in [0.25, 0.3) is 0 Å². The van der Waals surface area contributed by atoms with Crippen LogP contribution >= 0.6 is 0 Å². The van der Waals surface area contributed by atoms with E-state index in [9.17, 15) is 0 Å². The second-order valence-corrected chi connectivity index (χ2v) is 4.62. The number of nitrogens with one attached hydrogen (secondary N) is 2. The highest BCUT2D eigenvalue weighted by molar-refractivity contribution is 5.25. The summed E-state index contributed by atoms with van der Waals surface area (Å²) in [7, 11) is 0. The predicted molar refractivity (Wildman–Crippen MR) is 70.1 cm³/mol. The maximum Gasteiger partial charge on any atom is 0.0620 e. The van der Waals surface area contributed by atoms with Crippen molar-refractivity contribution in [3.8, 4) is 0 Å². The SMILES string of the molecule is Cc1ccccc1CNCCC1COCCN1. The van der Waals surface area contributed by atoms with Crippen LogP contribution in [0.1, 0.15) is 17.5 Å². The first-order chi connectivity index (χ1) is 8.36. The molecule has 1 saturated heterocycles. The second kappa shape index (κ2) is 6.74. The van der Waals surface area contributed by atoms with Crippen molar-refractivity contribution in [2.75, 3.05) is 26.3 Å². The van der Waals surface area contributed by atoms with Crippen molar-refractivity contribution in [2.45, 2.75) is 25.9 Å². The van der Waals surface area contributed by atoms with Crippen LogP contribution in [0.2, 0.25) is 0 Å². The van der Waals surface area contributed by atoms with E-state index in [1.807, 2.05) is 0 Å². The molecule has 1 aliphatic heterocycles. The topological polar surface area (TPSA) is 33.3 Å². The number of hydrogen-bond donors (Lipinski definition) is 2. The minimum absolute atomic E-state index is 0.521. The molecule has 2 N–H and O–H groups in total. The number of hydrogen-bond acceptors (Lipinski definition) is 3. The minimum atomic E-state index is 0.521. The lowest BCUT2D eigenvalue weighted by Gasteiger charge is -2.23. The van der Waals surface area contributed by atoms with Crippen molar-refractivity contribution in [3.05, 3.63) is 35.4 Å². The van der Waals surface area contributed by atoms with E-state index >= 15 is 0 Å². The molecule has 0 aliphatic carbocycles. The molecule has 1 aromatic carbocycles. The van der Waals surface area contributed by atoms with Crippen molar-refractivity contribution in [1.82, 2.24) is 10.6 Å². The molecule has 1 fully saturated rings. The van der Waals surface area contributed by atoms with E-state index in [0.29, 0.717) is 6.04 Å². The Morgan fingerprint density at radius 1 is 1.41 bits per heavy atom. The molecule has 0 spiro atoms. The molecule has 0 saturated carbocycles. The Balaban J connectivity index is 1.64. The number of morpholine rings is 1. The van der Waals surface area contributed by atoms with E-state index < -0.39 is 0 Å². The summed E-state index contributed by atoms with van der Waals surface area (Å²) in [5.41, 5.74) is 2.75. The molecule has 0 bridgehead atoms. The first kappa shape index (κ1) is 12.6.